The Bertz CT molecular complexity index is 1020. The number of nitrogens with zero attached hydrogens (tertiary/aromatic N) is 1. The fourth-order valence-corrected chi connectivity index (χ4v) is 4.26. The number of hydrogen-bond donors (Lipinski definition) is 0. The summed E-state index contributed by atoms with van der Waals surface area (Å²) >= 11 is 6.54. The molecule has 0 radical (unpaired) electrons. The lowest BCUT2D eigenvalue weighted by Crippen LogP contribution is -2.31. The topological polar surface area (TPSA) is 55.8 Å². The highest BCUT2D eigenvalue weighted by molar-refractivity contribution is 8.26. The van der Waals surface area contributed by atoms with Crippen molar-refractivity contribution in [2.75, 3.05) is 13.2 Å². The molecule has 2 aromatic rings. The lowest BCUT2D eigenvalue weighted by atomic mass is 9.87. The number of rotatable bonds is 6. The van der Waals surface area contributed by atoms with Crippen molar-refractivity contribution in [1.82, 2.24) is 4.90 Å². The van der Waals surface area contributed by atoms with E-state index in [1.54, 1.807) is 6.08 Å². The van der Waals surface area contributed by atoms with Gasteiger partial charge in [-0.15, -0.1) is 0 Å². The van der Waals surface area contributed by atoms with Gasteiger partial charge in [-0.3, -0.25) is 14.5 Å². The first-order valence-electron chi connectivity index (χ1n) is 9.91. The van der Waals surface area contributed by atoms with Crippen LogP contribution in [-0.4, -0.2) is 34.2 Å². The fraction of sp³-hybridized carbons (Fsp3) is 0.292. The zero-order valence-electron chi connectivity index (χ0n) is 18.0. The van der Waals surface area contributed by atoms with Crippen LogP contribution in [0.3, 0.4) is 0 Å². The van der Waals surface area contributed by atoms with Gasteiger partial charge in [-0.2, -0.15) is 0 Å². The Hall–Kier alpha value is -2.64. The van der Waals surface area contributed by atoms with Crippen LogP contribution in [0.1, 0.15) is 38.8 Å². The van der Waals surface area contributed by atoms with Gasteiger partial charge in [0.25, 0.3) is 5.91 Å². The first kappa shape index (κ1) is 23.0. The van der Waals surface area contributed by atoms with E-state index in [9.17, 15) is 9.59 Å². The smallest absolute Gasteiger partial charge is 0.302 e. The van der Waals surface area contributed by atoms with Gasteiger partial charge in [-0.1, -0.05) is 69.0 Å². The summed E-state index contributed by atoms with van der Waals surface area (Å²) in [5.41, 5.74) is 2.16. The number of ether oxygens (including phenoxy) is 2. The van der Waals surface area contributed by atoms with Gasteiger partial charge in [0.2, 0.25) is 0 Å². The maximum absolute atomic E-state index is 12.7. The Kier molecular flexibility index (Phi) is 7.18. The molecular weight excluding hydrogens is 430 g/mol. The van der Waals surface area contributed by atoms with Crippen molar-refractivity contribution in [2.45, 2.75) is 33.1 Å². The van der Waals surface area contributed by atoms with Crippen molar-refractivity contribution < 1.29 is 19.1 Å². The second-order valence-corrected chi connectivity index (χ2v) is 9.80. The van der Waals surface area contributed by atoms with E-state index in [0.29, 0.717) is 15.0 Å². The van der Waals surface area contributed by atoms with E-state index in [0.717, 1.165) is 11.3 Å². The van der Waals surface area contributed by atoms with Crippen LogP contribution in [0.15, 0.2) is 53.4 Å². The number of hydrogen-bond acceptors (Lipinski definition) is 6. The Morgan fingerprint density at radius 3 is 2.48 bits per heavy atom. The van der Waals surface area contributed by atoms with E-state index in [1.807, 2.05) is 36.4 Å². The second kappa shape index (κ2) is 9.66. The van der Waals surface area contributed by atoms with Gasteiger partial charge >= 0.3 is 5.97 Å². The molecule has 0 spiro atoms. The Balaban J connectivity index is 1.70. The summed E-state index contributed by atoms with van der Waals surface area (Å²) in [6.45, 7) is 8.21. The molecule has 1 saturated heterocycles. The van der Waals surface area contributed by atoms with E-state index in [2.05, 4.69) is 32.9 Å². The zero-order chi connectivity index (χ0) is 22.6. The molecule has 3 rings (SSSR count). The largest absolute Gasteiger partial charge is 0.464 e. The van der Waals surface area contributed by atoms with Gasteiger partial charge in [0.1, 0.15) is 22.4 Å². The standard InChI is InChI=1S/C24H25NO4S2/c1-16(26)28-13-12-25-22(27)21(31-23(25)30)15-17-6-5-7-20(14-17)29-19-10-8-18(9-11-19)24(2,3)4/h5-11,14-15H,12-13H2,1-4H3. The SMILES string of the molecule is CC(=O)OCCN1C(=O)C(=Cc2cccc(Oc3ccc(C(C)(C)C)cc3)c2)SC1=S. The molecule has 1 fully saturated rings. The molecule has 0 atom stereocenters. The highest BCUT2D eigenvalue weighted by Crippen LogP contribution is 2.33. The van der Waals surface area contributed by atoms with Crippen LogP contribution in [0.5, 0.6) is 11.5 Å². The number of amides is 1. The van der Waals surface area contributed by atoms with E-state index >= 15 is 0 Å². The van der Waals surface area contributed by atoms with E-state index in [1.165, 1.54) is 29.1 Å². The van der Waals surface area contributed by atoms with Crippen LogP contribution >= 0.6 is 24.0 Å². The Morgan fingerprint density at radius 1 is 1.13 bits per heavy atom. The summed E-state index contributed by atoms with van der Waals surface area (Å²) in [7, 11) is 0. The minimum Gasteiger partial charge on any atom is -0.464 e. The molecule has 1 heterocycles. The molecule has 0 saturated carbocycles. The third-order valence-electron chi connectivity index (χ3n) is 4.61. The van der Waals surface area contributed by atoms with Crippen LogP contribution in [0.4, 0.5) is 0 Å². The normalized spacial score (nSPS) is 15.5. The van der Waals surface area contributed by atoms with Crippen LogP contribution in [-0.2, 0) is 19.7 Å². The van der Waals surface area contributed by atoms with E-state index in [-0.39, 0.29) is 30.4 Å². The molecule has 1 aliphatic heterocycles. The van der Waals surface area contributed by atoms with Crippen molar-refractivity contribution in [2.24, 2.45) is 0 Å². The van der Waals surface area contributed by atoms with Crippen LogP contribution in [0, 0.1) is 0 Å². The molecule has 5 nitrogen and oxygen atoms in total. The Morgan fingerprint density at radius 2 is 1.84 bits per heavy atom. The molecule has 1 aliphatic rings. The minimum atomic E-state index is -0.383. The van der Waals surface area contributed by atoms with Crippen molar-refractivity contribution in [3.63, 3.8) is 0 Å². The summed E-state index contributed by atoms with van der Waals surface area (Å²) in [5.74, 6) is 0.863. The molecular formula is C24H25NO4S2. The summed E-state index contributed by atoms with van der Waals surface area (Å²) in [4.78, 5) is 25.6. The molecule has 0 unspecified atom stereocenters. The van der Waals surface area contributed by atoms with Crippen molar-refractivity contribution in [3.8, 4) is 11.5 Å². The minimum absolute atomic E-state index is 0.0861. The molecule has 0 bridgehead atoms. The number of benzene rings is 2. The average Bonchev–Trinajstić information content (AvgIpc) is 2.95. The zero-order valence-corrected chi connectivity index (χ0v) is 19.6. The third-order valence-corrected chi connectivity index (χ3v) is 5.98. The predicted molar refractivity (Wildman–Crippen MR) is 128 cm³/mol. The maximum Gasteiger partial charge on any atom is 0.302 e. The third kappa shape index (κ3) is 6.18. The lowest BCUT2D eigenvalue weighted by molar-refractivity contribution is -0.142. The van der Waals surface area contributed by atoms with E-state index in [4.69, 9.17) is 21.7 Å². The van der Waals surface area contributed by atoms with Crippen molar-refractivity contribution in [3.05, 3.63) is 64.6 Å². The number of carbonyl (C=O) groups excluding carboxylic acids is 2. The van der Waals surface area contributed by atoms with Gasteiger partial charge in [-0.05, 0) is 46.9 Å². The van der Waals surface area contributed by atoms with Crippen LogP contribution in [0.25, 0.3) is 6.08 Å². The number of thioether (sulfide) groups is 1. The number of carbonyl (C=O) groups is 2. The van der Waals surface area contributed by atoms with Gasteiger partial charge in [0.15, 0.2) is 0 Å². The first-order valence-corrected chi connectivity index (χ1v) is 11.1. The molecule has 1 amide bonds. The van der Waals surface area contributed by atoms with Gasteiger partial charge in [0, 0.05) is 6.92 Å². The first-order chi connectivity index (χ1) is 14.6. The van der Waals surface area contributed by atoms with Crippen LogP contribution < -0.4 is 4.74 Å². The molecule has 7 heteroatoms. The fourth-order valence-electron chi connectivity index (χ4n) is 2.95. The van der Waals surface area contributed by atoms with Gasteiger partial charge in [-0.25, -0.2) is 0 Å². The number of thiocarbonyl (C=S) groups is 1. The molecule has 0 aliphatic carbocycles. The lowest BCUT2D eigenvalue weighted by Gasteiger charge is -2.19. The summed E-state index contributed by atoms with van der Waals surface area (Å²) in [6, 6.07) is 15.6. The highest BCUT2D eigenvalue weighted by atomic mass is 32.2. The molecule has 162 valence electrons. The average molecular weight is 456 g/mol. The van der Waals surface area contributed by atoms with E-state index < -0.39 is 0 Å². The predicted octanol–water partition coefficient (Wildman–Crippen LogP) is 5.54. The summed E-state index contributed by atoms with van der Waals surface area (Å²) in [5, 5.41) is 0. The van der Waals surface area contributed by atoms with Crippen molar-refractivity contribution >= 4 is 46.3 Å². The number of esters is 1. The molecule has 0 aromatic heterocycles. The van der Waals surface area contributed by atoms with Gasteiger partial charge in [0.05, 0.1) is 11.4 Å². The monoisotopic (exact) mass is 455 g/mol. The quantitative estimate of drug-likeness (QED) is 0.324. The summed E-state index contributed by atoms with van der Waals surface area (Å²) in [6.07, 6.45) is 1.79. The molecule has 2 aromatic carbocycles. The van der Waals surface area contributed by atoms with Gasteiger partial charge < -0.3 is 9.47 Å². The van der Waals surface area contributed by atoms with Crippen LogP contribution in [0.2, 0.25) is 0 Å². The van der Waals surface area contributed by atoms with Crippen molar-refractivity contribution in [1.29, 1.82) is 0 Å². The highest BCUT2D eigenvalue weighted by Gasteiger charge is 2.31. The molecule has 0 N–H and O–H groups in total. The Labute approximate surface area is 192 Å². The maximum atomic E-state index is 12.7. The second-order valence-electron chi connectivity index (χ2n) is 8.12. The summed E-state index contributed by atoms with van der Waals surface area (Å²) < 4.78 is 11.4. The molecule has 31 heavy (non-hydrogen) atoms.